The van der Waals surface area contributed by atoms with Crippen LogP contribution in [0.15, 0.2) is 41.7 Å². The van der Waals surface area contributed by atoms with Gasteiger partial charge in [0.15, 0.2) is 5.65 Å². The molecule has 1 aromatic carbocycles. The minimum absolute atomic E-state index is 0.171. The van der Waals surface area contributed by atoms with E-state index in [-0.39, 0.29) is 12.0 Å². The molecule has 1 aliphatic rings. The monoisotopic (exact) mass is 418 g/mol. The third-order valence-corrected chi connectivity index (χ3v) is 8.03. The molecule has 0 radical (unpaired) electrons. The molecule has 148 valence electrons. The predicted octanol–water partition coefficient (Wildman–Crippen LogP) is 2.30. The second-order valence-electron chi connectivity index (χ2n) is 7.10. The summed E-state index contributed by atoms with van der Waals surface area (Å²) in [7, 11) is -3.57. The topological polar surface area (TPSA) is 107 Å². The standard InChI is InChI=1S/C18H22N6O2S2/c1-12(2)13-3-5-15(6-4-13)28(25,26)24-11-27-9-14(24)8-23-10-21-16-7-20-18(19)22-17(16)23/h3-7,10,12,14H,8-9,11H2,1-2H3,(H2,19,20,22). The zero-order chi connectivity index (χ0) is 19.9. The number of thioether (sulfide) groups is 1. The van der Waals surface area contributed by atoms with Crippen LogP contribution in [0.25, 0.3) is 11.2 Å². The molecule has 1 aliphatic heterocycles. The molecule has 8 nitrogen and oxygen atoms in total. The third kappa shape index (κ3) is 3.47. The fourth-order valence-electron chi connectivity index (χ4n) is 3.27. The number of rotatable bonds is 5. The van der Waals surface area contributed by atoms with E-state index in [1.807, 2.05) is 16.7 Å². The number of nitrogen functional groups attached to an aromatic ring is 1. The zero-order valence-electron chi connectivity index (χ0n) is 15.7. The molecule has 2 aromatic heterocycles. The molecule has 0 spiro atoms. The van der Waals surface area contributed by atoms with E-state index in [9.17, 15) is 8.42 Å². The number of aromatic nitrogens is 4. The summed E-state index contributed by atoms with van der Waals surface area (Å²) in [6, 6.07) is 6.99. The van der Waals surface area contributed by atoms with Crippen molar-refractivity contribution in [2.24, 2.45) is 0 Å². The molecule has 1 unspecified atom stereocenters. The van der Waals surface area contributed by atoms with Crippen LogP contribution in [0, 0.1) is 0 Å². The molecule has 2 N–H and O–H groups in total. The van der Waals surface area contributed by atoms with Crippen molar-refractivity contribution in [2.45, 2.75) is 37.2 Å². The van der Waals surface area contributed by atoms with Gasteiger partial charge >= 0.3 is 0 Å². The van der Waals surface area contributed by atoms with Gasteiger partial charge in [-0.25, -0.2) is 18.4 Å². The van der Waals surface area contributed by atoms with Gasteiger partial charge in [0.05, 0.1) is 29.3 Å². The molecule has 1 saturated heterocycles. The quantitative estimate of drug-likeness (QED) is 0.677. The number of sulfonamides is 1. The van der Waals surface area contributed by atoms with Crippen LogP contribution in [0.4, 0.5) is 5.95 Å². The largest absolute Gasteiger partial charge is 0.368 e. The van der Waals surface area contributed by atoms with Crippen molar-refractivity contribution >= 4 is 38.9 Å². The number of benzene rings is 1. The first-order chi connectivity index (χ1) is 13.4. The Morgan fingerprint density at radius 2 is 2.00 bits per heavy atom. The van der Waals surface area contributed by atoms with Gasteiger partial charge in [-0.1, -0.05) is 26.0 Å². The van der Waals surface area contributed by atoms with Gasteiger partial charge in [-0.05, 0) is 23.6 Å². The van der Waals surface area contributed by atoms with Crippen LogP contribution in [0.2, 0.25) is 0 Å². The van der Waals surface area contributed by atoms with Crippen molar-refractivity contribution in [3.63, 3.8) is 0 Å². The van der Waals surface area contributed by atoms with Crippen LogP contribution in [0.1, 0.15) is 25.3 Å². The Kier molecular flexibility index (Phi) is 5.02. The third-order valence-electron chi connectivity index (χ3n) is 4.87. The molecule has 1 atom stereocenters. The van der Waals surface area contributed by atoms with Gasteiger partial charge < -0.3 is 10.3 Å². The highest BCUT2D eigenvalue weighted by Gasteiger charge is 2.36. The van der Waals surface area contributed by atoms with Crippen molar-refractivity contribution in [3.05, 3.63) is 42.4 Å². The summed E-state index contributed by atoms with van der Waals surface area (Å²) >= 11 is 1.61. The van der Waals surface area contributed by atoms with E-state index in [0.29, 0.717) is 40.2 Å². The van der Waals surface area contributed by atoms with Gasteiger partial charge in [0.2, 0.25) is 16.0 Å². The number of imidazole rings is 1. The van der Waals surface area contributed by atoms with Crippen molar-refractivity contribution in [1.82, 2.24) is 23.8 Å². The summed E-state index contributed by atoms with van der Waals surface area (Å²) in [5, 5.41) is 0. The molecule has 3 heterocycles. The van der Waals surface area contributed by atoms with Crippen molar-refractivity contribution in [3.8, 4) is 0 Å². The average Bonchev–Trinajstić information content (AvgIpc) is 3.30. The van der Waals surface area contributed by atoms with Crippen molar-refractivity contribution in [1.29, 1.82) is 0 Å². The number of hydrogen-bond acceptors (Lipinski definition) is 7. The Balaban J connectivity index is 1.61. The number of nitrogens with two attached hydrogens (primary N) is 1. The maximum absolute atomic E-state index is 13.2. The van der Waals surface area contributed by atoms with Crippen LogP contribution >= 0.6 is 11.8 Å². The smallest absolute Gasteiger partial charge is 0.244 e. The molecular formula is C18H22N6O2S2. The van der Waals surface area contributed by atoms with Crippen LogP contribution < -0.4 is 5.73 Å². The summed E-state index contributed by atoms with van der Waals surface area (Å²) in [4.78, 5) is 12.8. The minimum Gasteiger partial charge on any atom is -0.368 e. The van der Waals surface area contributed by atoms with Crippen LogP contribution in [0.5, 0.6) is 0 Å². The second kappa shape index (κ2) is 7.34. The molecule has 0 amide bonds. The lowest BCUT2D eigenvalue weighted by Crippen LogP contribution is -2.39. The lowest BCUT2D eigenvalue weighted by molar-refractivity contribution is 0.365. The van der Waals surface area contributed by atoms with Crippen molar-refractivity contribution in [2.75, 3.05) is 17.4 Å². The van der Waals surface area contributed by atoms with Gasteiger partial charge in [-0.15, -0.1) is 11.8 Å². The molecule has 0 saturated carbocycles. The number of hydrogen-bond donors (Lipinski definition) is 1. The SMILES string of the molecule is CC(C)c1ccc(S(=O)(=O)N2CSCC2Cn2cnc3cnc(N)nc32)cc1. The number of anilines is 1. The van der Waals surface area contributed by atoms with Crippen LogP contribution in [-0.2, 0) is 16.6 Å². The van der Waals surface area contributed by atoms with Crippen molar-refractivity contribution < 1.29 is 8.42 Å². The predicted molar refractivity (Wildman–Crippen MR) is 110 cm³/mol. The van der Waals surface area contributed by atoms with Crippen LogP contribution in [0.3, 0.4) is 0 Å². The Bertz CT molecular complexity index is 1090. The normalized spacial score (nSPS) is 18.3. The van der Waals surface area contributed by atoms with E-state index >= 15 is 0 Å². The molecule has 10 heteroatoms. The molecule has 0 aliphatic carbocycles. The molecule has 4 rings (SSSR count). The summed E-state index contributed by atoms with van der Waals surface area (Å²) in [5.74, 6) is 1.67. The summed E-state index contributed by atoms with van der Waals surface area (Å²) in [6.07, 6.45) is 3.23. The number of fused-ring (bicyclic) bond motifs is 1. The second-order valence-corrected chi connectivity index (χ2v) is 9.99. The Labute approximate surface area is 168 Å². The van der Waals surface area contributed by atoms with E-state index in [1.165, 1.54) is 0 Å². The van der Waals surface area contributed by atoms with Gasteiger partial charge in [0, 0.05) is 12.3 Å². The summed E-state index contributed by atoms with van der Waals surface area (Å²) < 4.78 is 29.8. The first kappa shape index (κ1) is 19.2. The zero-order valence-corrected chi connectivity index (χ0v) is 17.3. The van der Waals surface area contributed by atoms with Gasteiger partial charge in [0.1, 0.15) is 5.52 Å². The van der Waals surface area contributed by atoms with Gasteiger partial charge in [0.25, 0.3) is 0 Å². The Morgan fingerprint density at radius 1 is 1.25 bits per heavy atom. The van der Waals surface area contributed by atoms with Gasteiger partial charge in [-0.2, -0.15) is 9.29 Å². The van der Waals surface area contributed by atoms with E-state index in [2.05, 4.69) is 28.8 Å². The van der Waals surface area contributed by atoms with E-state index in [1.54, 1.807) is 40.7 Å². The highest BCUT2D eigenvalue weighted by atomic mass is 32.2. The van der Waals surface area contributed by atoms with E-state index in [4.69, 9.17) is 5.73 Å². The number of nitrogens with zero attached hydrogens (tertiary/aromatic N) is 5. The molecule has 1 fully saturated rings. The fourth-order valence-corrected chi connectivity index (χ4v) is 6.48. The molecule has 28 heavy (non-hydrogen) atoms. The van der Waals surface area contributed by atoms with Crippen LogP contribution in [-0.4, -0.2) is 49.9 Å². The summed E-state index contributed by atoms with van der Waals surface area (Å²) in [6.45, 7) is 4.63. The van der Waals surface area contributed by atoms with E-state index < -0.39 is 10.0 Å². The highest BCUT2D eigenvalue weighted by molar-refractivity contribution is 8.00. The maximum atomic E-state index is 13.2. The minimum atomic E-state index is -3.57. The fraction of sp³-hybridized carbons (Fsp3) is 0.389. The Morgan fingerprint density at radius 3 is 2.71 bits per heavy atom. The lowest BCUT2D eigenvalue weighted by atomic mass is 10.0. The lowest BCUT2D eigenvalue weighted by Gasteiger charge is -2.24. The maximum Gasteiger partial charge on any atom is 0.244 e. The molecule has 3 aromatic rings. The average molecular weight is 419 g/mol. The summed E-state index contributed by atoms with van der Waals surface area (Å²) in [5.41, 5.74) is 8.06. The highest BCUT2D eigenvalue weighted by Crippen LogP contribution is 2.30. The molecular weight excluding hydrogens is 396 g/mol. The van der Waals surface area contributed by atoms with Gasteiger partial charge in [-0.3, -0.25) is 0 Å². The Hall–Kier alpha value is -2.17. The first-order valence-electron chi connectivity index (χ1n) is 8.99. The van der Waals surface area contributed by atoms with E-state index in [0.717, 1.165) is 5.56 Å². The molecule has 0 bridgehead atoms. The first-order valence-corrected chi connectivity index (χ1v) is 11.6.